The Balaban J connectivity index is 1.76. The molecule has 144 valence electrons. The van der Waals surface area contributed by atoms with Crippen LogP contribution in [-0.2, 0) is 9.16 Å². The van der Waals surface area contributed by atoms with E-state index in [0.29, 0.717) is 18.7 Å². The largest absolute Gasteiger partial charge is 0.414 e. The summed E-state index contributed by atoms with van der Waals surface area (Å²) in [5, 5.41) is 10.5. The molecule has 3 heterocycles. The van der Waals surface area contributed by atoms with E-state index < -0.39 is 32.3 Å². The van der Waals surface area contributed by atoms with Gasteiger partial charge >= 0.3 is 0 Å². The van der Waals surface area contributed by atoms with Crippen LogP contribution in [0.2, 0.25) is 18.1 Å². The summed E-state index contributed by atoms with van der Waals surface area (Å²) in [5.74, 6) is 0.0144. The number of fused-ring (bicyclic) bond motifs is 1. The number of aromatic amines is 1. The molecule has 3 rings (SSSR count). The Hall–Kier alpha value is -1.75. The first-order chi connectivity index (χ1) is 12.0. The number of nitrogen functional groups attached to an aromatic ring is 1. The number of ether oxygens (including phenoxy) is 1. The SMILES string of the molecule is CC(C)(C)[Si](C)(C)OCC1OC(n2cnc3c(=O)[nH]c(N)nc32)CC1O. The van der Waals surface area contributed by atoms with E-state index in [1.807, 2.05) is 0 Å². The fourth-order valence-electron chi connectivity index (χ4n) is 2.70. The fraction of sp³-hybridized carbons (Fsp3) is 0.688. The molecule has 1 saturated heterocycles. The molecule has 0 aliphatic carbocycles. The molecular weight excluding hydrogens is 354 g/mol. The van der Waals surface area contributed by atoms with Crippen LogP contribution in [0.15, 0.2) is 11.1 Å². The van der Waals surface area contributed by atoms with Crippen molar-refractivity contribution in [3.63, 3.8) is 0 Å². The van der Waals surface area contributed by atoms with Crippen molar-refractivity contribution in [1.82, 2.24) is 19.5 Å². The molecule has 0 saturated carbocycles. The van der Waals surface area contributed by atoms with Crippen molar-refractivity contribution in [1.29, 1.82) is 0 Å². The van der Waals surface area contributed by atoms with E-state index in [0.717, 1.165) is 0 Å². The van der Waals surface area contributed by atoms with Crippen LogP contribution in [0.1, 0.15) is 33.4 Å². The number of aliphatic hydroxyl groups is 1. The van der Waals surface area contributed by atoms with E-state index in [4.69, 9.17) is 14.9 Å². The zero-order valence-electron chi connectivity index (χ0n) is 15.8. The Bertz CT molecular complexity index is 856. The van der Waals surface area contributed by atoms with Crippen LogP contribution in [0.5, 0.6) is 0 Å². The van der Waals surface area contributed by atoms with Gasteiger partial charge < -0.3 is 20.0 Å². The Morgan fingerprint density at radius 2 is 2.19 bits per heavy atom. The van der Waals surface area contributed by atoms with E-state index in [1.165, 1.54) is 6.33 Å². The van der Waals surface area contributed by atoms with Crippen molar-refractivity contribution in [3.8, 4) is 0 Å². The number of aromatic nitrogens is 4. The lowest BCUT2D eigenvalue weighted by atomic mass is 10.2. The molecule has 3 unspecified atom stereocenters. The highest BCUT2D eigenvalue weighted by Crippen LogP contribution is 2.38. The molecule has 9 nitrogen and oxygen atoms in total. The summed E-state index contributed by atoms with van der Waals surface area (Å²) in [5.41, 5.74) is 5.76. The minimum absolute atomic E-state index is 0.0144. The highest BCUT2D eigenvalue weighted by molar-refractivity contribution is 6.74. The third-order valence-electron chi connectivity index (χ3n) is 5.38. The van der Waals surface area contributed by atoms with Gasteiger partial charge in [-0.3, -0.25) is 14.3 Å². The summed E-state index contributed by atoms with van der Waals surface area (Å²) < 4.78 is 13.8. The van der Waals surface area contributed by atoms with Gasteiger partial charge in [-0.2, -0.15) is 4.98 Å². The quantitative estimate of drug-likeness (QED) is 0.682. The predicted octanol–water partition coefficient (Wildman–Crippen LogP) is 1.37. The zero-order valence-corrected chi connectivity index (χ0v) is 16.8. The molecular formula is C16H27N5O4Si. The second-order valence-corrected chi connectivity index (χ2v) is 13.1. The van der Waals surface area contributed by atoms with Gasteiger partial charge in [0, 0.05) is 6.42 Å². The average molecular weight is 382 g/mol. The minimum atomic E-state index is -1.93. The normalized spacial score (nSPS) is 24.5. The first-order valence-corrected chi connectivity index (χ1v) is 11.6. The topological polar surface area (TPSA) is 128 Å². The van der Waals surface area contributed by atoms with Crippen molar-refractivity contribution < 1.29 is 14.3 Å². The first kappa shape index (κ1) is 19.0. The molecule has 0 bridgehead atoms. The molecule has 3 atom stereocenters. The molecule has 10 heteroatoms. The molecule has 0 spiro atoms. The van der Waals surface area contributed by atoms with Crippen LogP contribution in [0.4, 0.5) is 5.95 Å². The Morgan fingerprint density at radius 3 is 2.85 bits per heavy atom. The second-order valence-electron chi connectivity index (χ2n) is 8.28. The third-order valence-corrected chi connectivity index (χ3v) is 9.88. The number of imidazole rings is 1. The number of anilines is 1. The number of nitrogens with zero attached hydrogens (tertiary/aromatic N) is 3. The van der Waals surface area contributed by atoms with Crippen molar-refractivity contribution in [2.45, 2.75) is 63.8 Å². The maximum atomic E-state index is 11.9. The molecule has 0 radical (unpaired) electrons. The number of rotatable bonds is 4. The monoisotopic (exact) mass is 381 g/mol. The number of aliphatic hydroxyl groups excluding tert-OH is 1. The molecule has 1 aliphatic rings. The van der Waals surface area contributed by atoms with Crippen molar-refractivity contribution in [2.24, 2.45) is 0 Å². The molecule has 2 aromatic heterocycles. The highest BCUT2D eigenvalue weighted by atomic mass is 28.4. The highest BCUT2D eigenvalue weighted by Gasteiger charge is 2.41. The molecule has 4 N–H and O–H groups in total. The van der Waals surface area contributed by atoms with Crippen molar-refractivity contribution in [2.75, 3.05) is 12.3 Å². The molecule has 1 fully saturated rings. The van der Waals surface area contributed by atoms with Gasteiger partial charge in [0.05, 0.1) is 19.0 Å². The van der Waals surface area contributed by atoms with Crippen LogP contribution in [-0.4, -0.2) is 51.8 Å². The van der Waals surface area contributed by atoms with E-state index in [9.17, 15) is 9.90 Å². The summed E-state index contributed by atoms with van der Waals surface area (Å²) >= 11 is 0. The average Bonchev–Trinajstić information content (AvgIpc) is 3.07. The first-order valence-electron chi connectivity index (χ1n) is 8.69. The van der Waals surface area contributed by atoms with Crippen LogP contribution >= 0.6 is 0 Å². The number of hydrogen-bond acceptors (Lipinski definition) is 7. The standard InChI is InChI=1S/C16H27N5O4Si/c1-16(2,3)26(4,5)24-7-10-9(22)6-11(25-10)21-8-18-12-13(21)19-15(17)20-14(12)23/h8-11,22H,6-7H2,1-5H3,(H3,17,19,20,23). The summed E-state index contributed by atoms with van der Waals surface area (Å²) in [4.78, 5) is 22.6. The van der Waals surface area contributed by atoms with Gasteiger partial charge in [-0.05, 0) is 18.1 Å². The van der Waals surface area contributed by atoms with E-state index >= 15 is 0 Å². The maximum Gasteiger partial charge on any atom is 0.280 e. The lowest BCUT2D eigenvalue weighted by Gasteiger charge is -2.37. The van der Waals surface area contributed by atoms with Crippen LogP contribution < -0.4 is 11.3 Å². The van der Waals surface area contributed by atoms with Crippen molar-refractivity contribution in [3.05, 3.63) is 16.7 Å². The van der Waals surface area contributed by atoms with Crippen LogP contribution in [0.3, 0.4) is 0 Å². The maximum absolute atomic E-state index is 11.9. The zero-order chi connectivity index (χ0) is 19.3. The molecule has 0 amide bonds. The van der Waals surface area contributed by atoms with E-state index in [1.54, 1.807) is 4.57 Å². The van der Waals surface area contributed by atoms with Crippen molar-refractivity contribution >= 4 is 25.4 Å². The molecule has 26 heavy (non-hydrogen) atoms. The summed E-state index contributed by atoms with van der Waals surface area (Å²) in [6.45, 7) is 11.1. The minimum Gasteiger partial charge on any atom is -0.414 e. The fourth-order valence-corrected chi connectivity index (χ4v) is 3.71. The Labute approximate surface area is 152 Å². The molecule has 1 aliphatic heterocycles. The number of nitrogens with one attached hydrogen (secondary N) is 1. The van der Waals surface area contributed by atoms with Gasteiger partial charge in [0.25, 0.3) is 5.56 Å². The lowest BCUT2D eigenvalue weighted by molar-refractivity contribution is -0.0405. The summed E-state index contributed by atoms with van der Waals surface area (Å²) in [6.07, 6.45) is 0.274. The van der Waals surface area contributed by atoms with E-state index in [-0.39, 0.29) is 16.5 Å². The Morgan fingerprint density at radius 1 is 1.50 bits per heavy atom. The molecule has 0 aromatic carbocycles. The van der Waals surface area contributed by atoms with Crippen LogP contribution in [0.25, 0.3) is 11.2 Å². The van der Waals surface area contributed by atoms with Gasteiger partial charge in [0.1, 0.15) is 12.3 Å². The number of H-pyrrole nitrogens is 1. The Kier molecular flexibility index (Phi) is 4.72. The number of nitrogens with two attached hydrogens (primary N) is 1. The number of hydrogen-bond donors (Lipinski definition) is 3. The summed E-state index contributed by atoms with van der Waals surface area (Å²) in [7, 11) is -1.93. The summed E-state index contributed by atoms with van der Waals surface area (Å²) in [6, 6.07) is 0. The molecule has 2 aromatic rings. The third kappa shape index (κ3) is 3.41. The lowest BCUT2D eigenvalue weighted by Crippen LogP contribution is -2.43. The van der Waals surface area contributed by atoms with Gasteiger partial charge in [0.2, 0.25) is 5.95 Å². The van der Waals surface area contributed by atoms with Gasteiger partial charge in [0.15, 0.2) is 19.5 Å². The van der Waals surface area contributed by atoms with E-state index in [2.05, 4.69) is 48.8 Å². The van der Waals surface area contributed by atoms with Gasteiger partial charge in [-0.25, -0.2) is 4.98 Å². The van der Waals surface area contributed by atoms with Crippen LogP contribution in [0, 0.1) is 0 Å². The predicted molar refractivity (Wildman–Crippen MR) is 100 cm³/mol. The smallest absolute Gasteiger partial charge is 0.280 e. The second kappa shape index (κ2) is 6.45. The van der Waals surface area contributed by atoms with Gasteiger partial charge in [-0.15, -0.1) is 0 Å². The van der Waals surface area contributed by atoms with Gasteiger partial charge in [-0.1, -0.05) is 20.8 Å².